The second-order valence-electron chi connectivity index (χ2n) is 5.78. The number of esters is 1. The molecule has 0 unspecified atom stereocenters. The van der Waals surface area contributed by atoms with E-state index in [0.29, 0.717) is 28.3 Å². The van der Waals surface area contributed by atoms with Gasteiger partial charge in [-0.2, -0.15) is 0 Å². The van der Waals surface area contributed by atoms with Crippen molar-refractivity contribution in [3.63, 3.8) is 0 Å². The van der Waals surface area contributed by atoms with Crippen LogP contribution in [0.5, 0.6) is 5.75 Å². The van der Waals surface area contributed by atoms with Crippen LogP contribution >= 0.6 is 11.3 Å². The van der Waals surface area contributed by atoms with Gasteiger partial charge in [0.25, 0.3) is 5.91 Å². The summed E-state index contributed by atoms with van der Waals surface area (Å²) in [7, 11) is 1.32. The molecule has 3 rings (SSSR count). The summed E-state index contributed by atoms with van der Waals surface area (Å²) in [5.41, 5.74) is 0.741. The number of halogens is 1. The number of rotatable bonds is 6. The van der Waals surface area contributed by atoms with E-state index in [2.05, 4.69) is 5.32 Å². The Morgan fingerprint density at radius 3 is 2.70 bits per heavy atom. The van der Waals surface area contributed by atoms with Gasteiger partial charge in [-0.15, -0.1) is 11.3 Å². The number of methoxy groups -OCH3 is 1. The third-order valence-corrected chi connectivity index (χ3v) is 4.94. The summed E-state index contributed by atoms with van der Waals surface area (Å²) >= 11 is 1.27. The molecule has 140 valence electrons. The Labute approximate surface area is 159 Å². The van der Waals surface area contributed by atoms with Crippen LogP contribution < -0.4 is 10.1 Å². The maximum Gasteiger partial charge on any atom is 0.351 e. The normalized spacial score (nSPS) is 10.6. The van der Waals surface area contributed by atoms with Crippen molar-refractivity contribution in [2.24, 2.45) is 0 Å². The highest BCUT2D eigenvalue weighted by Crippen LogP contribution is 2.39. The van der Waals surface area contributed by atoms with E-state index in [1.807, 2.05) is 6.92 Å². The van der Waals surface area contributed by atoms with E-state index in [0.717, 1.165) is 11.1 Å². The zero-order chi connectivity index (χ0) is 19.4. The first-order chi connectivity index (χ1) is 13.0. The van der Waals surface area contributed by atoms with Crippen LogP contribution in [0.25, 0.3) is 10.1 Å². The molecular weight excluding hydrogens is 369 g/mol. The molecule has 0 spiro atoms. The highest BCUT2D eigenvalue weighted by molar-refractivity contribution is 7.21. The number of carbonyl (C=O) groups excluding carboxylic acids is 2. The number of carbonyl (C=O) groups is 2. The van der Waals surface area contributed by atoms with Gasteiger partial charge in [0.2, 0.25) is 0 Å². The summed E-state index contributed by atoms with van der Waals surface area (Å²) in [6, 6.07) is 10.7. The Bertz CT molecular complexity index is 999. The molecule has 0 atom stereocenters. The van der Waals surface area contributed by atoms with Crippen LogP contribution in [-0.2, 0) is 4.74 Å². The van der Waals surface area contributed by atoms with E-state index in [1.165, 1.54) is 42.7 Å². The molecule has 0 aliphatic carbocycles. The highest BCUT2D eigenvalue weighted by Gasteiger charge is 2.21. The van der Waals surface area contributed by atoms with Gasteiger partial charge < -0.3 is 14.8 Å². The van der Waals surface area contributed by atoms with Gasteiger partial charge in [-0.05, 0) is 42.8 Å². The molecule has 7 heteroatoms. The quantitative estimate of drug-likeness (QED) is 0.613. The van der Waals surface area contributed by atoms with Gasteiger partial charge in [0, 0.05) is 21.3 Å². The average Bonchev–Trinajstić information content (AvgIpc) is 3.03. The number of thiophene rings is 1. The van der Waals surface area contributed by atoms with Crippen LogP contribution in [0.1, 0.15) is 33.4 Å². The maximum atomic E-state index is 13.3. The molecule has 0 radical (unpaired) electrons. The lowest BCUT2D eigenvalue weighted by atomic mass is 10.2. The number of anilines is 1. The minimum atomic E-state index is -0.478. The van der Waals surface area contributed by atoms with E-state index in [1.54, 1.807) is 18.2 Å². The zero-order valence-electron chi connectivity index (χ0n) is 14.9. The van der Waals surface area contributed by atoms with E-state index in [9.17, 15) is 14.0 Å². The number of hydrogen-bond acceptors (Lipinski definition) is 5. The number of benzene rings is 2. The van der Waals surface area contributed by atoms with Gasteiger partial charge in [0.05, 0.1) is 13.7 Å². The van der Waals surface area contributed by atoms with Crippen molar-refractivity contribution in [2.45, 2.75) is 13.3 Å². The molecule has 0 fully saturated rings. The summed E-state index contributed by atoms with van der Waals surface area (Å²) < 4.78 is 24.8. The van der Waals surface area contributed by atoms with E-state index < -0.39 is 17.7 Å². The molecule has 27 heavy (non-hydrogen) atoms. The van der Waals surface area contributed by atoms with Crippen LogP contribution in [0.15, 0.2) is 42.5 Å². The van der Waals surface area contributed by atoms with Gasteiger partial charge >= 0.3 is 5.97 Å². The smallest absolute Gasteiger partial charge is 0.351 e. The number of fused-ring (bicyclic) bond motifs is 1. The summed E-state index contributed by atoms with van der Waals surface area (Å²) in [6.07, 6.45) is 0.786. The van der Waals surface area contributed by atoms with Crippen molar-refractivity contribution in [1.29, 1.82) is 0 Å². The fourth-order valence-corrected chi connectivity index (χ4v) is 3.61. The van der Waals surface area contributed by atoms with Crippen LogP contribution in [0.3, 0.4) is 0 Å². The molecule has 0 aliphatic heterocycles. The molecule has 3 aromatic rings. The molecule has 2 aromatic carbocycles. The summed E-state index contributed by atoms with van der Waals surface area (Å²) in [4.78, 5) is 24.8. The minimum Gasteiger partial charge on any atom is -0.491 e. The van der Waals surface area contributed by atoms with Crippen LogP contribution in [0.2, 0.25) is 0 Å². The van der Waals surface area contributed by atoms with E-state index >= 15 is 0 Å². The molecule has 1 aromatic heterocycles. The summed E-state index contributed by atoms with van der Waals surface area (Å²) in [5.74, 6) is -0.916. The Morgan fingerprint density at radius 2 is 2.00 bits per heavy atom. The van der Waals surface area contributed by atoms with Crippen molar-refractivity contribution in [1.82, 2.24) is 0 Å². The van der Waals surface area contributed by atoms with Crippen LogP contribution in [0, 0.1) is 5.82 Å². The molecule has 1 amide bonds. The zero-order valence-corrected chi connectivity index (χ0v) is 15.7. The third-order valence-electron chi connectivity index (χ3n) is 3.81. The fourth-order valence-electron chi connectivity index (χ4n) is 2.56. The lowest BCUT2D eigenvalue weighted by Crippen LogP contribution is -2.11. The molecule has 1 heterocycles. The minimum absolute atomic E-state index is 0.220. The van der Waals surface area contributed by atoms with Crippen LogP contribution in [-0.4, -0.2) is 25.6 Å². The van der Waals surface area contributed by atoms with Gasteiger partial charge in [-0.3, -0.25) is 4.79 Å². The third kappa shape index (κ3) is 4.09. The van der Waals surface area contributed by atoms with Crippen LogP contribution in [0.4, 0.5) is 10.1 Å². The second kappa shape index (κ2) is 8.18. The Kier molecular flexibility index (Phi) is 5.71. The number of amides is 1. The SMILES string of the molecule is CCCOc1c(C(=O)OC)sc2ccc(NC(=O)c3cccc(F)c3)cc12. The largest absolute Gasteiger partial charge is 0.491 e. The topological polar surface area (TPSA) is 64.6 Å². The number of ether oxygens (including phenoxy) is 2. The van der Waals surface area contributed by atoms with Crippen molar-refractivity contribution >= 4 is 39.0 Å². The van der Waals surface area contributed by atoms with Crippen molar-refractivity contribution in [2.75, 3.05) is 19.0 Å². The van der Waals surface area contributed by atoms with E-state index in [-0.39, 0.29) is 5.56 Å². The van der Waals surface area contributed by atoms with Gasteiger partial charge in [0.1, 0.15) is 5.82 Å². The van der Waals surface area contributed by atoms with Crippen molar-refractivity contribution in [3.8, 4) is 5.75 Å². The number of nitrogens with one attached hydrogen (secondary N) is 1. The van der Waals surface area contributed by atoms with Crippen molar-refractivity contribution < 1.29 is 23.5 Å². The highest BCUT2D eigenvalue weighted by atomic mass is 32.1. The first kappa shape index (κ1) is 18.8. The molecule has 5 nitrogen and oxygen atoms in total. The number of hydrogen-bond donors (Lipinski definition) is 1. The average molecular weight is 387 g/mol. The molecule has 1 N–H and O–H groups in total. The Hall–Kier alpha value is -2.93. The predicted molar refractivity (Wildman–Crippen MR) is 103 cm³/mol. The van der Waals surface area contributed by atoms with Crippen molar-refractivity contribution in [3.05, 3.63) is 58.7 Å². The lowest BCUT2D eigenvalue weighted by Gasteiger charge is -2.08. The molecule has 0 bridgehead atoms. The summed E-state index contributed by atoms with van der Waals surface area (Å²) in [6.45, 7) is 2.42. The summed E-state index contributed by atoms with van der Waals surface area (Å²) in [5, 5.41) is 3.45. The molecule has 0 saturated carbocycles. The fraction of sp³-hybridized carbons (Fsp3) is 0.200. The predicted octanol–water partition coefficient (Wildman–Crippen LogP) is 4.87. The standard InChI is InChI=1S/C20H18FNO4S/c1-3-9-26-17-15-11-14(7-8-16(15)27-18(17)20(24)25-2)22-19(23)12-5-4-6-13(21)10-12/h4-8,10-11H,3,9H2,1-2H3,(H,22,23). The van der Waals surface area contributed by atoms with Gasteiger partial charge in [-0.1, -0.05) is 13.0 Å². The van der Waals surface area contributed by atoms with Gasteiger partial charge in [-0.25, -0.2) is 9.18 Å². The molecular formula is C20H18FNO4S. The Balaban J connectivity index is 1.95. The monoisotopic (exact) mass is 387 g/mol. The van der Waals surface area contributed by atoms with E-state index in [4.69, 9.17) is 9.47 Å². The maximum absolute atomic E-state index is 13.3. The first-order valence-electron chi connectivity index (χ1n) is 8.38. The second-order valence-corrected chi connectivity index (χ2v) is 6.83. The lowest BCUT2D eigenvalue weighted by molar-refractivity contribution is 0.0602. The first-order valence-corrected chi connectivity index (χ1v) is 9.19. The van der Waals surface area contributed by atoms with Gasteiger partial charge in [0.15, 0.2) is 10.6 Å². The molecule has 0 saturated heterocycles. The molecule has 0 aliphatic rings. The Morgan fingerprint density at radius 1 is 1.19 bits per heavy atom.